The molecule has 0 saturated heterocycles. The minimum absolute atomic E-state index is 0.0823. The maximum absolute atomic E-state index is 12.9. The van der Waals surface area contributed by atoms with E-state index in [2.05, 4.69) is 106 Å². The number of hydrogen-bond acceptors (Lipinski definition) is 6. The van der Waals surface area contributed by atoms with Crippen LogP contribution in [-0.2, 0) is 28.6 Å². The Bertz CT molecular complexity index is 1480. The van der Waals surface area contributed by atoms with Crippen molar-refractivity contribution in [3.63, 3.8) is 0 Å². The molecular formula is C72H126O6. The van der Waals surface area contributed by atoms with Crippen LogP contribution < -0.4 is 0 Å². The third-order valence-corrected chi connectivity index (χ3v) is 14.6. The Morgan fingerprint density at radius 2 is 0.500 bits per heavy atom. The lowest BCUT2D eigenvalue weighted by atomic mass is 10.1. The first kappa shape index (κ1) is 74.6. The normalized spacial score (nSPS) is 12.6. The average Bonchev–Trinajstić information content (AvgIpc) is 3.44. The van der Waals surface area contributed by atoms with Crippen LogP contribution in [0.4, 0.5) is 0 Å². The van der Waals surface area contributed by atoms with E-state index in [-0.39, 0.29) is 31.1 Å². The largest absolute Gasteiger partial charge is 0.462 e. The molecule has 0 spiro atoms. The molecule has 0 aromatic rings. The van der Waals surface area contributed by atoms with Crippen molar-refractivity contribution in [1.82, 2.24) is 0 Å². The quantitative estimate of drug-likeness (QED) is 0.0261. The van der Waals surface area contributed by atoms with Crippen molar-refractivity contribution in [3.05, 3.63) is 85.1 Å². The first-order chi connectivity index (χ1) is 38.5. The Hall–Kier alpha value is -3.41. The molecule has 450 valence electrons. The summed E-state index contributed by atoms with van der Waals surface area (Å²) in [5.41, 5.74) is 0. The number of esters is 3. The Morgan fingerprint density at radius 3 is 0.795 bits per heavy atom. The van der Waals surface area contributed by atoms with E-state index in [9.17, 15) is 14.4 Å². The maximum atomic E-state index is 12.9. The predicted octanol–water partition coefficient (Wildman–Crippen LogP) is 23.1. The molecule has 1 unspecified atom stereocenters. The molecule has 0 aromatic carbocycles. The monoisotopic (exact) mass is 1090 g/mol. The van der Waals surface area contributed by atoms with Gasteiger partial charge in [-0.1, -0.05) is 286 Å². The van der Waals surface area contributed by atoms with Crippen LogP contribution in [0.15, 0.2) is 85.1 Å². The Balaban J connectivity index is 4.36. The lowest BCUT2D eigenvalue weighted by Gasteiger charge is -2.18. The number of carbonyl (C=O) groups excluding carboxylic acids is 3. The number of carbonyl (C=O) groups is 3. The molecule has 1 atom stereocenters. The third kappa shape index (κ3) is 63.4. The maximum Gasteiger partial charge on any atom is 0.306 e. The zero-order valence-corrected chi connectivity index (χ0v) is 51.7. The summed E-state index contributed by atoms with van der Waals surface area (Å²) in [4.78, 5) is 38.4. The zero-order chi connectivity index (χ0) is 56.4. The van der Waals surface area contributed by atoms with E-state index < -0.39 is 6.10 Å². The van der Waals surface area contributed by atoms with Crippen LogP contribution in [0.1, 0.15) is 335 Å². The van der Waals surface area contributed by atoms with Gasteiger partial charge in [0.15, 0.2) is 6.10 Å². The highest BCUT2D eigenvalue weighted by molar-refractivity contribution is 5.71. The molecule has 0 heterocycles. The van der Waals surface area contributed by atoms with Gasteiger partial charge in [0.2, 0.25) is 0 Å². The van der Waals surface area contributed by atoms with E-state index in [1.54, 1.807) is 0 Å². The first-order valence-corrected chi connectivity index (χ1v) is 33.6. The van der Waals surface area contributed by atoms with Crippen molar-refractivity contribution in [2.45, 2.75) is 341 Å². The predicted molar refractivity (Wildman–Crippen MR) is 339 cm³/mol. The SMILES string of the molecule is CC/C=C\C/C=C\C/C=C\CCCCCCCCCC(=O)OCC(COC(=O)CCCCCCCCCCCC/C=C\C/C=C\C/C=C\CCCCCCC)OC(=O)CCCCCCCCC/C=C\CCCCCCCCC. The van der Waals surface area contributed by atoms with Crippen molar-refractivity contribution in [1.29, 1.82) is 0 Å². The molecule has 6 nitrogen and oxygen atoms in total. The Labute approximate surface area is 484 Å². The minimum Gasteiger partial charge on any atom is -0.462 e. The number of hydrogen-bond donors (Lipinski definition) is 0. The fraction of sp³-hybridized carbons (Fsp3) is 0.764. The smallest absolute Gasteiger partial charge is 0.306 e. The Morgan fingerprint density at radius 1 is 0.269 bits per heavy atom. The fourth-order valence-corrected chi connectivity index (χ4v) is 9.58. The van der Waals surface area contributed by atoms with Gasteiger partial charge in [-0.25, -0.2) is 0 Å². The zero-order valence-electron chi connectivity index (χ0n) is 51.7. The summed E-state index contributed by atoms with van der Waals surface area (Å²) >= 11 is 0. The highest BCUT2D eigenvalue weighted by Gasteiger charge is 2.19. The van der Waals surface area contributed by atoms with Gasteiger partial charge in [0, 0.05) is 19.3 Å². The number of rotatable bonds is 61. The number of allylic oxidation sites excluding steroid dienone is 14. The van der Waals surface area contributed by atoms with Gasteiger partial charge in [0.25, 0.3) is 0 Å². The molecular weight excluding hydrogens is 961 g/mol. The van der Waals surface area contributed by atoms with Gasteiger partial charge in [-0.05, 0) is 116 Å². The van der Waals surface area contributed by atoms with E-state index in [1.807, 2.05) is 0 Å². The van der Waals surface area contributed by atoms with Crippen molar-refractivity contribution >= 4 is 17.9 Å². The summed E-state index contributed by atoms with van der Waals surface area (Å²) in [6.45, 7) is 6.54. The van der Waals surface area contributed by atoms with E-state index >= 15 is 0 Å². The van der Waals surface area contributed by atoms with Crippen molar-refractivity contribution < 1.29 is 28.6 Å². The van der Waals surface area contributed by atoms with E-state index in [0.29, 0.717) is 19.3 Å². The van der Waals surface area contributed by atoms with Crippen LogP contribution >= 0.6 is 0 Å². The molecule has 78 heavy (non-hydrogen) atoms. The van der Waals surface area contributed by atoms with Crippen LogP contribution in [0, 0.1) is 0 Å². The van der Waals surface area contributed by atoms with Gasteiger partial charge >= 0.3 is 17.9 Å². The summed E-state index contributed by atoms with van der Waals surface area (Å²) in [5.74, 6) is -0.886. The molecule has 6 heteroatoms. The second kappa shape index (κ2) is 66.1. The van der Waals surface area contributed by atoms with Crippen molar-refractivity contribution in [2.75, 3.05) is 13.2 Å². The fourth-order valence-electron chi connectivity index (χ4n) is 9.58. The summed E-state index contributed by atoms with van der Waals surface area (Å²) < 4.78 is 17.0. The lowest BCUT2D eigenvalue weighted by Crippen LogP contribution is -2.30. The number of ether oxygens (including phenoxy) is 3. The average molecular weight is 1090 g/mol. The van der Waals surface area contributed by atoms with Crippen molar-refractivity contribution in [3.8, 4) is 0 Å². The lowest BCUT2D eigenvalue weighted by molar-refractivity contribution is -0.167. The standard InChI is InChI=1S/C72H126O6/c1-4-7-10-13-16-19-22-25-28-31-33-34-35-36-37-38-39-42-44-47-50-53-56-59-62-65-71(74)77-68-69(67-76-70(73)64-61-58-55-52-49-46-43-40-30-27-24-21-18-15-12-9-6-3)78-72(75)66-63-60-57-54-51-48-45-41-32-29-26-23-20-17-14-11-8-5-2/h9,12,18,21-22,25,27,29-33,35-36,69H,4-8,10-11,13-17,19-20,23-24,26,28,34,37-68H2,1-3H3/b12-9-,21-18-,25-22-,30-27-,32-29-,33-31-,36-35-. The topological polar surface area (TPSA) is 78.9 Å². The van der Waals surface area contributed by atoms with Crippen molar-refractivity contribution in [2.24, 2.45) is 0 Å². The van der Waals surface area contributed by atoms with Crippen LogP contribution in [0.25, 0.3) is 0 Å². The third-order valence-electron chi connectivity index (χ3n) is 14.6. The van der Waals surface area contributed by atoms with Gasteiger partial charge in [-0.2, -0.15) is 0 Å². The van der Waals surface area contributed by atoms with E-state index in [1.165, 1.54) is 199 Å². The molecule has 0 aliphatic heterocycles. The summed E-state index contributed by atoms with van der Waals surface area (Å²) in [5, 5.41) is 0. The Kier molecular flexibility index (Phi) is 63.2. The van der Waals surface area contributed by atoms with Gasteiger partial charge < -0.3 is 14.2 Å². The summed E-state index contributed by atoms with van der Waals surface area (Å²) in [6.07, 6.45) is 87.3. The molecule has 0 saturated carbocycles. The van der Waals surface area contributed by atoms with E-state index in [4.69, 9.17) is 14.2 Å². The summed E-state index contributed by atoms with van der Waals surface area (Å²) in [6, 6.07) is 0. The number of unbranched alkanes of at least 4 members (excludes halogenated alkanes) is 36. The molecule has 0 fully saturated rings. The molecule has 0 radical (unpaired) electrons. The summed E-state index contributed by atoms with van der Waals surface area (Å²) in [7, 11) is 0. The molecule has 0 bridgehead atoms. The van der Waals surface area contributed by atoms with Crippen LogP contribution in [0.3, 0.4) is 0 Å². The molecule has 0 aromatic heterocycles. The molecule has 0 aliphatic carbocycles. The van der Waals surface area contributed by atoms with Crippen LogP contribution in [0.5, 0.6) is 0 Å². The van der Waals surface area contributed by atoms with Gasteiger partial charge in [-0.3, -0.25) is 14.4 Å². The molecule has 0 amide bonds. The first-order valence-electron chi connectivity index (χ1n) is 33.6. The molecule has 0 N–H and O–H groups in total. The highest BCUT2D eigenvalue weighted by atomic mass is 16.6. The van der Waals surface area contributed by atoms with Gasteiger partial charge in [-0.15, -0.1) is 0 Å². The van der Waals surface area contributed by atoms with Gasteiger partial charge in [0.05, 0.1) is 0 Å². The molecule has 0 aliphatic rings. The van der Waals surface area contributed by atoms with E-state index in [0.717, 1.165) is 96.3 Å². The van der Waals surface area contributed by atoms with Crippen LogP contribution in [-0.4, -0.2) is 37.2 Å². The highest BCUT2D eigenvalue weighted by Crippen LogP contribution is 2.16. The molecule has 0 rings (SSSR count). The second-order valence-corrected chi connectivity index (χ2v) is 22.3. The van der Waals surface area contributed by atoms with Crippen LogP contribution in [0.2, 0.25) is 0 Å². The minimum atomic E-state index is -0.787. The second-order valence-electron chi connectivity index (χ2n) is 22.3. The van der Waals surface area contributed by atoms with Gasteiger partial charge in [0.1, 0.15) is 13.2 Å².